The zero-order chi connectivity index (χ0) is 8.27. The Bertz CT molecular complexity index is 160. The van der Waals surface area contributed by atoms with Crippen LogP contribution in [-0.2, 0) is 4.79 Å². The number of carbonyl (C=O) groups excluding carboxylic acids is 1. The summed E-state index contributed by atoms with van der Waals surface area (Å²) in [6.45, 7) is 6.00. The predicted molar refractivity (Wildman–Crippen MR) is 46.3 cm³/mol. The van der Waals surface area contributed by atoms with Gasteiger partial charge in [-0.1, -0.05) is 25.5 Å². The molecule has 0 heterocycles. The van der Waals surface area contributed by atoms with Gasteiger partial charge >= 0.3 is 0 Å². The highest BCUT2D eigenvalue weighted by Crippen LogP contribution is 2.32. The lowest BCUT2D eigenvalue weighted by Gasteiger charge is -2.26. The van der Waals surface area contributed by atoms with Gasteiger partial charge in [-0.2, -0.15) is 0 Å². The Labute approximate surface area is 68.5 Å². The van der Waals surface area contributed by atoms with Gasteiger partial charge in [0.25, 0.3) is 0 Å². The summed E-state index contributed by atoms with van der Waals surface area (Å²) in [5.41, 5.74) is 1.29. The van der Waals surface area contributed by atoms with Crippen molar-refractivity contribution in [2.45, 2.75) is 32.6 Å². The van der Waals surface area contributed by atoms with Crippen molar-refractivity contribution in [1.29, 1.82) is 0 Å². The summed E-state index contributed by atoms with van der Waals surface area (Å²) in [7, 11) is 0. The minimum Gasteiger partial charge on any atom is -0.303 e. The fourth-order valence-electron chi connectivity index (χ4n) is 1.84. The van der Waals surface area contributed by atoms with Crippen LogP contribution in [0, 0.1) is 11.8 Å². The molecule has 11 heavy (non-hydrogen) atoms. The van der Waals surface area contributed by atoms with Crippen LogP contribution in [0.1, 0.15) is 32.6 Å². The van der Waals surface area contributed by atoms with Crippen LogP contribution in [0.15, 0.2) is 12.2 Å². The summed E-state index contributed by atoms with van der Waals surface area (Å²) in [6, 6.07) is 0. The second-order valence-electron chi connectivity index (χ2n) is 3.51. The summed E-state index contributed by atoms with van der Waals surface area (Å²) in [6.07, 6.45) is 5.88. The quantitative estimate of drug-likeness (QED) is 0.439. The van der Waals surface area contributed by atoms with E-state index in [0.29, 0.717) is 5.92 Å². The standard InChI is InChI=1S/C10H16O/c1-8-5-3-4-6-10(8)9(2)7-11/h7,9-10H,1,3-6H2,2H3. The third-order valence-electron chi connectivity index (χ3n) is 2.64. The van der Waals surface area contributed by atoms with Crippen LogP contribution < -0.4 is 0 Å². The average molecular weight is 152 g/mol. The molecule has 1 fully saturated rings. The molecule has 0 saturated heterocycles. The molecule has 62 valence electrons. The van der Waals surface area contributed by atoms with E-state index >= 15 is 0 Å². The SMILES string of the molecule is C=C1CCCCC1C(C)C=O. The van der Waals surface area contributed by atoms with Gasteiger partial charge in [-0.05, 0) is 25.2 Å². The molecule has 1 aliphatic carbocycles. The molecule has 1 rings (SSSR count). The number of rotatable bonds is 2. The van der Waals surface area contributed by atoms with Crippen molar-refractivity contribution in [3.05, 3.63) is 12.2 Å². The highest BCUT2D eigenvalue weighted by molar-refractivity contribution is 5.54. The Morgan fingerprint density at radius 3 is 2.91 bits per heavy atom. The fourth-order valence-corrected chi connectivity index (χ4v) is 1.84. The van der Waals surface area contributed by atoms with Crippen molar-refractivity contribution in [2.75, 3.05) is 0 Å². The average Bonchev–Trinajstić information content (AvgIpc) is 2.04. The smallest absolute Gasteiger partial charge is 0.123 e. The van der Waals surface area contributed by atoms with Crippen LogP contribution in [0.2, 0.25) is 0 Å². The topological polar surface area (TPSA) is 17.1 Å². The van der Waals surface area contributed by atoms with Gasteiger partial charge in [0, 0.05) is 5.92 Å². The summed E-state index contributed by atoms with van der Waals surface area (Å²) < 4.78 is 0. The highest BCUT2D eigenvalue weighted by Gasteiger charge is 2.22. The zero-order valence-electron chi connectivity index (χ0n) is 7.18. The van der Waals surface area contributed by atoms with E-state index < -0.39 is 0 Å². The van der Waals surface area contributed by atoms with Gasteiger partial charge < -0.3 is 4.79 Å². The minimum absolute atomic E-state index is 0.183. The summed E-state index contributed by atoms with van der Waals surface area (Å²) in [5, 5.41) is 0. The van der Waals surface area contributed by atoms with E-state index in [-0.39, 0.29) is 5.92 Å². The Hall–Kier alpha value is -0.590. The molecule has 1 saturated carbocycles. The molecule has 1 heteroatoms. The fraction of sp³-hybridized carbons (Fsp3) is 0.700. The largest absolute Gasteiger partial charge is 0.303 e. The molecule has 2 unspecified atom stereocenters. The normalized spacial score (nSPS) is 28.1. The van der Waals surface area contributed by atoms with Crippen molar-refractivity contribution in [3.8, 4) is 0 Å². The maximum atomic E-state index is 10.5. The number of allylic oxidation sites excluding steroid dienone is 1. The van der Waals surface area contributed by atoms with Gasteiger partial charge in [-0.15, -0.1) is 0 Å². The first-order valence-corrected chi connectivity index (χ1v) is 4.38. The number of hydrogen-bond donors (Lipinski definition) is 0. The molecular formula is C10H16O. The Morgan fingerprint density at radius 2 is 2.36 bits per heavy atom. The van der Waals surface area contributed by atoms with Crippen molar-refractivity contribution in [2.24, 2.45) is 11.8 Å². The van der Waals surface area contributed by atoms with Crippen LogP contribution in [0.4, 0.5) is 0 Å². The molecule has 0 aromatic carbocycles. The lowest BCUT2D eigenvalue weighted by Crippen LogP contribution is -2.18. The van der Waals surface area contributed by atoms with Gasteiger partial charge in [-0.25, -0.2) is 0 Å². The van der Waals surface area contributed by atoms with Gasteiger partial charge in [0.15, 0.2) is 0 Å². The Kier molecular flexibility index (Phi) is 2.86. The number of carbonyl (C=O) groups is 1. The van der Waals surface area contributed by atoms with Gasteiger partial charge in [0.2, 0.25) is 0 Å². The monoisotopic (exact) mass is 152 g/mol. The predicted octanol–water partition coefficient (Wildman–Crippen LogP) is 2.57. The molecule has 2 atom stereocenters. The molecule has 1 aliphatic rings. The van der Waals surface area contributed by atoms with Crippen LogP contribution in [-0.4, -0.2) is 6.29 Å². The molecule has 0 aromatic heterocycles. The van der Waals surface area contributed by atoms with Crippen LogP contribution in [0.25, 0.3) is 0 Å². The van der Waals surface area contributed by atoms with Gasteiger partial charge in [0.1, 0.15) is 6.29 Å². The number of hydrogen-bond acceptors (Lipinski definition) is 1. The van der Waals surface area contributed by atoms with E-state index in [1.165, 1.54) is 24.8 Å². The molecule has 0 bridgehead atoms. The van der Waals surface area contributed by atoms with E-state index in [4.69, 9.17) is 0 Å². The van der Waals surface area contributed by atoms with Crippen molar-refractivity contribution in [3.63, 3.8) is 0 Å². The van der Waals surface area contributed by atoms with E-state index in [1.807, 2.05) is 6.92 Å². The first-order chi connectivity index (χ1) is 5.25. The maximum absolute atomic E-state index is 10.5. The molecule has 0 amide bonds. The van der Waals surface area contributed by atoms with Crippen LogP contribution in [0.3, 0.4) is 0 Å². The molecule has 1 nitrogen and oxygen atoms in total. The molecule has 0 spiro atoms. The second-order valence-corrected chi connectivity index (χ2v) is 3.51. The zero-order valence-corrected chi connectivity index (χ0v) is 7.18. The van der Waals surface area contributed by atoms with E-state index in [9.17, 15) is 4.79 Å². The Balaban J connectivity index is 2.53. The van der Waals surface area contributed by atoms with E-state index in [2.05, 4.69) is 6.58 Å². The summed E-state index contributed by atoms with van der Waals surface area (Å²) in [5.74, 6) is 0.657. The summed E-state index contributed by atoms with van der Waals surface area (Å²) >= 11 is 0. The van der Waals surface area contributed by atoms with E-state index in [0.717, 1.165) is 12.7 Å². The molecule has 0 aliphatic heterocycles. The first-order valence-electron chi connectivity index (χ1n) is 4.38. The minimum atomic E-state index is 0.183. The van der Waals surface area contributed by atoms with Crippen molar-refractivity contribution in [1.82, 2.24) is 0 Å². The van der Waals surface area contributed by atoms with E-state index in [1.54, 1.807) is 0 Å². The number of aldehydes is 1. The highest BCUT2D eigenvalue weighted by atomic mass is 16.1. The molecule has 0 N–H and O–H groups in total. The molecule has 0 aromatic rings. The Morgan fingerprint density at radius 1 is 1.64 bits per heavy atom. The first kappa shape index (κ1) is 8.51. The third-order valence-corrected chi connectivity index (χ3v) is 2.64. The van der Waals surface area contributed by atoms with Crippen LogP contribution >= 0.6 is 0 Å². The molecule has 0 radical (unpaired) electrons. The third kappa shape index (κ3) is 1.92. The van der Waals surface area contributed by atoms with Crippen molar-refractivity contribution >= 4 is 6.29 Å². The second kappa shape index (κ2) is 3.70. The summed E-state index contributed by atoms with van der Waals surface area (Å²) in [4.78, 5) is 10.5. The van der Waals surface area contributed by atoms with Crippen molar-refractivity contribution < 1.29 is 4.79 Å². The lowest BCUT2D eigenvalue weighted by atomic mass is 9.78. The van der Waals surface area contributed by atoms with Gasteiger partial charge in [0.05, 0.1) is 0 Å². The molecular weight excluding hydrogens is 136 g/mol. The maximum Gasteiger partial charge on any atom is 0.123 e. The van der Waals surface area contributed by atoms with Gasteiger partial charge in [-0.3, -0.25) is 0 Å². The van der Waals surface area contributed by atoms with Crippen LogP contribution in [0.5, 0.6) is 0 Å². The lowest BCUT2D eigenvalue weighted by molar-refractivity contribution is -0.111.